The van der Waals surface area contributed by atoms with E-state index in [1.165, 1.54) is 18.4 Å². The Morgan fingerprint density at radius 1 is 1.05 bits per heavy atom. The molecule has 0 radical (unpaired) electrons. The summed E-state index contributed by atoms with van der Waals surface area (Å²) in [5, 5.41) is 3.41. The zero-order chi connectivity index (χ0) is 14.3. The van der Waals surface area contributed by atoms with E-state index in [4.69, 9.17) is 14.2 Å². The van der Waals surface area contributed by atoms with Gasteiger partial charge in [0.25, 0.3) is 0 Å². The maximum absolute atomic E-state index is 5.78. The van der Waals surface area contributed by atoms with Crippen LogP contribution in [0.25, 0.3) is 0 Å². The minimum absolute atomic E-state index is 0.0177. The minimum Gasteiger partial charge on any atom is -0.494 e. The van der Waals surface area contributed by atoms with Crippen molar-refractivity contribution in [1.29, 1.82) is 0 Å². The van der Waals surface area contributed by atoms with E-state index in [0.717, 1.165) is 51.5 Å². The molecule has 116 valence electrons. The van der Waals surface area contributed by atoms with Gasteiger partial charge in [-0.2, -0.15) is 0 Å². The van der Waals surface area contributed by atoms with Crippen LogP contribution in [-0.2, 0) is 9.47 Å². The van der Waals surface area contributed by atoms with Crippen molar-refractivity contribution >= 4 is 0 Å². The van der Waals surface area contributed by atoms with Gasteiger partial charge >= 0.3 is 0 Å². The fraction of sp³-hybridized carbons (Fsp3) is 0.647. The molecular weight excluding hydrogens is 266 g/mol. The monoisotopic (exact) mass is 291 g/mol. The molecule has 1 aromatic rings. The summed E-state index contributed by atoms with van der Waals surface area (Å²) < 4.78 is 16.6. The summed E-state index contributed by atoms with van der Waals surface area (Å²) in [4.78, 5) is 0. The van der Waals surface area contributed by atoms with E-state index in [0.29, 0.717) is 5.92 Å². The summed E-state index contributed by atoms with van der Waals surface area (Å²) in [5.74, 6) is 1.66. The van der Waals surface area contributed by atoms with Crippen molar-refractivity contribution in [3.63, 3.8) is 0 Å². The Morgan fingerprint density at radius 3 is 2.48 bits per heavy atom. The zero-order valence-corrected chi connectivity index (χ0v) is 12.6. The maximum Gasteiger partial charge on any atom is 0.157 e. The quantitative estimate of drug-likeness (QED) is 0.818. The van der Waals surface area contributed by atoms with Crippen LogP contribution in [0.2, 0.25) is 0 Å². The molecule has 0 saturated carbocycles. The Morgan fingerprint density at radius 2 is 1.76 bits per heavy atom. The second-order valence-electron chi connectivity index (χ2n) is 5.76. The lowest BCUT2D eigenvalue weighted by molar-refractivity contribution is -0.0492. The summed E-state index contributed by atoms with van der Waals surface area (Å²) in [6.45, 7) is 4.44. The minimum atomic E-state index is -0.0177. The van der Waals surface area contributed by atoms with E-state index >= 15 is 0 Å². The Balaban J connectivity index is 1.39. The summed E-state index contributed by atoms with van der Waals surface area (Å²) in [6.07, 6.45) is 4.33. The lowest BCUT2D eigenvalue weighted by Gasteiger charge is -2.23. The molecule has 2 saturated heterocycles. The van der Waals surface area contributed by atoms with Crippen molar-refractivity contribution in [1.82, 2.24) is 5.32 Å². The van der Waals surface area contributed by atoms with Crippen LogP contribution in [0, 0.1) is 0 Å². The molecule has 4 heteroatoms. The molecule has 0 atom stereocenters. The van der Waals surface area contributed by atoms with E-state index < -0.39 is 0 Å². The Labute approximate surface area is 126 Å². The van der Waals surface area contributed by atoms with E-state index in [1.54, 1.807) is 0 Å². The number of piperidine rings is 1. The highest BCUT2D eigenvalue weighted by Crippen LogP contribution is 2.26. The van der Waals surface area contributed by atoms with Gasteiger partial charge in [0.1, 0.15) is 5.75 Å². The second-order valence-corrected chi connectivity index (χ2v) is 5.76. The lowest BCUT2D eigenvalue weighted by Crippen LogP contribution is -2.26. The van der Waals surface area contributed by atoms with Crippen molar-refractivity contribution in [3.8, 4) is 5.75 Å². The smallest absolute Gasteiger partial charge is 0.157 e. The summed E-state index contributed by atoms with van der Waals surface area (Å²) in [5.41, 5.74) is 1.44. The van der Waals surface area contributed by atoms with E-state index in [2.05, 4.69) is 29.6 Å². The van der Waals surface area contributed by atoms with Crippen LogP contribution in [0.5, 0.6) is 5.75 Å². The molecule has 0 spiro atoms. The Kier molecular flexibility index (Phi) is 5.49. The third-order valence-corrected chi connectivity index (χ3v) is 4.23. The van der Waals surface area contributed by atoms with Crippen LogP contribution >= 0.6 is 0 Å². The summed E-state index contributed by atoms with van der Waals surface area (Å²) in [7, 11) is 0. The standard InChI is InChI=1S/C17H25NO3/c1(2-17-20-12-13-21-17)11-19-16-5-3-14(4-6-16)15-7-9-18-10-8-15/h3-6,15,17-18H,1-2,7-13H2. The molecule has 0 aromatic heterocycles. The molecule has 2 fully saturated rings. The van der Waals surface area contributed by atoms with Gasteiger partial charge in [0.15, 0.2) is 6.29 Å². The molecule has 0 unspecified atom stereocenters. The van der Waals surface area contributed by atoms with Gasteiger partial charge in [-0.3, -0.25) is 0 Å². The van der Waals surface area contributed by atoms with Gasteiger partial charge < -0.3 is 19.5 Å². The first kappa shape index (κ1) is 14.8. The van der Waals surface area contributed by atoms with Crippen molar-refractivity contribution in [2.24, 2.45) is 0 Å². The first-order valence-electron chi connectivity index (χ1n) is 8.08. The second kappa shape index (κ2) is 7.78. The molecule has 2 aliphatic heterocycles. The summed E-state index contributed by atoms with van der Waals surface area (Å²) in [6, 6.07) is 8.63. The van der Waals surface area contributed by atoms with Crippen molar-refractivity contribution < 1.29 is 14.2 Å². The number of rotatable bonds is 6. The largest absolute Gasteiger partial charge is 0.494 e. The highest BCUT2D eigenvalue weighted by atomic mass is 16.7. The maximum atomic E-state index is 5.78. The number of nitrogens with one attached hydrogen (secondary N) is 1. The lowest BCUT2D eigenvalue weighted by atomic mass is 9.90. The molecule has 0 aliphatic carbocycles. The van der Waals surface area contributed by atoms with Crippen LogP contribution in [-0.4, -0.2) is 39.2 Å². The van der Waals surface area contributed by atoms with Crippen molar-refractivity contribution in [3.05, 3.63) is 29.8 Å². The molecule has 0 amide bonds. The topological polar surface area (TPSA) is 39.7 Å². The van der Waals surface area contributed by atoms with Gasteiger partial charge in [0.2, 0.25) is 0 Å². The molecule has 2 aliphatic rings. The van der Waals surface area contributed by atoms with Crippen LogP contribution in [0.4, 0.5) is 0 Å². The molecule has 2 heterocycles. The highest BCUT2D eigenvalue weighted by molar-refractivity contribution is 5.29. The van der Waals surface area contributed by atoms with E-state index in [-0.39, 0.29) is 6.29 Å². The molecule has 1 aromatic carbocycles. The molecule has 21 heavy (non-hydrogen) atoms. The third-order valence-electron chi connectivity index (χ3n) is 4.23. The zero-order valence-electron chi connectivity index (χ0n) is 12.6. The average Bonchev–Trinajstić information content (AvgIpc) is 3.06. The average molecular weight is 291 g/mol. The first-order chi connectivity index (χ1) is 10.4. The first-order valence-corrected chi connectivity index (χ1v) is 8.08. The number of hydrogen-bond acceptors (Lipinski definition) is 4. The van der Waals surface area contributed by atoms with Crippen LogP contribution in [0.1, 0.15) is 37.2 Å². The SMILES string of the molecule is c1cc(C2CCNCC2)ccc1OCCCC1OCCO1. The Bertz CT molecular complexity index is 409. The highest BCUT2D eigenvalue weighted by Gasteiger charge is 2.16. The van der Waals surface area contributed by atoms with Gasteiger partial charge in [-0.25, -0.2) is 0 Å². The number of benzene rings is 1. The van der Waals surface area contributed by atoms with Gasteiger partial charge in [0, 0.05) is 6.42 Å². The Hall–Kier alpha value is -1.10. The van der Waals surface area contributed by atoms with Crippen molar-refractivity contribution in [2.45, 2.75) is 37.9 Å². The van der Waals surface area contributed by atoms with Gasteiger partial charge in [-0.1, -0.05) is 12.1 Å². The predicted molar refractivity (Wildman–Crippen MR) is 81.7 cm³/mol. The van der Waals surface area contributed by atoms with Crippen molar-refractivity contribution in [2.75, 3.05) is 32.9 Å². The van der Waals surface area contributed by atoms with E-state index in [1.807, 2.05) is 0 Å². The van der Waals surface area contributed by atoms with Crippen LogP contribution in [0.15, 0.2) is 24.3 Å². The third kappa shape index (κ3) is 4.43. The van der Waals surface area contributed by atoms with E-state index in [9.17, 15) is 0 Å². The number of hydrogen-bond donors (Lipinski definition) is 1. The fourth-order valence-corrected chi connectivity index (χ4v) is 3.01. The normalized spacial score (nSPS) is 20.8. The molecule has 3 rings (SSSR count). The molecule has 1 N–H and O–H groups in total. The van der Waals surface area contributed by atoms with Gasteiger partial charge in [-0.15, -0.1) is 0 Å². The van der Waals surface area contributed by atoms with Crippen LogP contribution in [0.3, 0.4) is 0 Å². The molecule has 0 bridgehead atoms. The predicted octanol–water partition coefficient (Wildman–Crippen LogP) is 2.69. The van der Waals surface area contributed by atoms with Crippen LogP contribution < -0.4 is 10.1 Å². The number of ether oxygens (including phenoxy) is 3. The fourth-order valence-electron chi connectivity index (χ4n) is 3.01. The molecule has 4 nitrogen and oxygen atoms in total. The van der Waals surface area contributed by atoms with Gasteiger partial charge in [-0.05, 0) is 56.0 Å². The summed E-state index contributed by atoms with van der Waals surface area (Å²) >= 11 is 0. The molecular formula is C17H25NO3. The van der Waals surface area contributed by atoms with Gasteiger partial charge in [0.05, 0.1) is 19.8 Å².